The third kappa shape index (κ3) is 1.49. The van der Waals surface area contributed by atoms with E-state index in [0.717, 1.165) is 11.3 Å². The zero-order valence-electron chi connectivity index (χ0n) is 8.85. The number of fused-ring (bicyclic) bond motifs is 1. The lowest BCUT2D eigenvalue weighted by Crippen LogP contribution is -1.95. The molecule has 0 saturated carbocycles. The largest absolute Gasteiger partial charge is 0.374 e. The zero-order chi connectivity index (χ0) is 12.7. The number of nitrogen functional groups attached to an aromatic ring is 1. The Labute approximate surface area is 104 Å². The molecule has 0 aliphatic carbocycles. The van der Waals surface area contributed by atoms with Crippen molar-refractivity contribution in [2.24, 2.45) is 0 Å². The average Bonchev–Trinajstić information content (AvgIpc) is 2.91. The van der Waals surface area contributed by atoms with E-state index in [2.05, 4.69) is 15.2 Å². The molecule has 9 heteroatoms. The van der Waals surface area contributed by atoms with E-state index < -0.39 is 4.92 Å². The maximum absolute atomic E-state index is 11.1. The number of hydrogen-bond acceptors (Lipinski definition) is 7. The second-order valence-corrected chi connectivity index (χ2v) is 4.42. The highest BCUT2D eigenvalue weighted by atomic mass is 32.1. The van der Waals surface area contributed by atoms with Gasteiger partial charge in [-0.15, -0.1) is 10.2 Å². The van der Waals surface area contributed by atoms with Crippen molar-refractivity contribution in [3.63, 3.8) is 0 Å². The number of rotatable bonds is 2. The number of anilines is 1. The number of nitro groups is 1. The molecule has 2 N–H and O–H groups in total. The average molecular weight is 262 g/mol. The van der Waals surface area contributed by atoms with E-state index in [-0.39, 0.29) is 16.6 Å². The fourth-order valence-corrected chi connectivity index (χ4v) is 2.23. The topological polar surface area (TPSA) is 112 Å². The van der Waals surface area contributed by atoms with E-state index in [1.54, 1.807) is 24.4 Å². The fourth-order valence-electron chi connectivity index (χ4n) is 1.63. The van der Waals surface area contributed by atoms with E-state index in [4.69, 9.17) is 5.73 Å². The van der Waals surface area contributed by atoms with Crippen molar-refractivity contribution >= 4 is 27.9 Å². The summed E-state index contributed by atoms with van der Waals surface area (Å²) in [6, 6.07) is 5.13. The van der Waals surface area contributed by atoms with Crippen LogP contribution in [-0.4, -0.2) is 24.5 Å². The minimum Gasteiger partial charge on any atom is -0.374 e. The van der Waals surface area contributed by atoms with Crippen LogP contribution in [0.1, 0.15) is 0 Å². The van der Waals surface area contributed by atoms with Gasteiger partial charge in [0, 0.05) is 6.07 Å². The normalized spacial score (nSPS) is 10.9. The minimum absolute atomic E-state index is 0.137. The second-order valence-electron chi connectivity index (χ2n) is 3.42. The monoisotopic (exact) mass is 262 g/mol. The molecule has 0 radical (unpaired) electrons. The van der Waals surface area contributed by atoms with Crippen LogP contribution in [0, 0.1) is 10.1 Å². The van der Waals surface area contributed by atoms with Gasteiger partial charge in [0.15, 0.2) is 10.7 Å². The molecule has 3 heterocycles. The summed E-state index contributed by atoms with van der Waals surface area (Å²) in [5.74, 6) is -0.137. The SMILES string of the molecule is Nc1nnc(-c2nc3ccccn3c2[N+](=O)[O-])s1. The Hall–Kier alpha value is -2.55. The molecule has 3 rings (SSSR count). The van der Waals surface area contributed by atoms with E-state index in [9.17, 15) is 10.1 Å². The smallest absolute Gasteiger partial charge is 0.358 e. The third-order valence-corrected chi connectivity index (χ3v) is 3.08. The summed E-state index contributed by atoms with van der Waals surface area (Å²) < 4.78 is 1.40. The van der Waals surface area contributed by atoms with Gasteiger partial charge >= 0.3 is 5.82 Å². The van der Waals surface area contributed by atoms with E-state index in [0.29, 0.717) is 10.7 Å². The van der Waals surface area contributed by atoms with Crippen LogP contribution in [0.15, 0.2) is 24.4 Å². The first-order valence-electron chi connectivity index (χ1n) is 4.87. The van der Waals surface area contributed by atoms with Crippen molar-refractivity contribution in [3.05, 3.63) is 34.5 Å². The molecule has 18 heavy (non-hydrogen) atoms. The molecule has 0 bridgehead atoms. The van der Waals surface area contributed by atoms with E-state index in [1.165, 1.54) is 4.40 Å². The lowest BCUT2D eigenvalue weighted by Gasteiger charge is -1.94. The highest BCUT2D eigenvalue weighted by molar-refractivity contribution is 7.18. The van der Waals surface area contributed by atoms with Crippen molar-refractivity contribution < 1.29 is 4.92 Å². The standard InChI is InChI=1S/C9H6N6O2S/c10-9-13-12-7(18-9)6-8(15(16)17)14-4-2-1-3-5(14)11-6/h1-4H,(H2,10,13). The molecular formula is C9H6N6O2S. The minimum atomic E-state index is -0.493. The van der Waals surface area contributed by atoms with Crippen LogP contribution in [0.5, 0.6) is 0 Å². The molecule has 0 aromatic carbocycles. The summed E-state index contributed by atoms with van der Waals surface area (Å²) in [7, 11) is 0. The lowest BCUT2D eigenvalue weighted by molar-refractivity contribution is -0.389. The van der Waals surface area contributed by atoms with Gasteiger partial charge in [-0.3, -0.25) is 0 Å². The molecule has 0 atom stereocenters. The Balaban J connectivity index is 2.34. The zero-order valence-corrected chi connectivity index (χ0v) is 9.66. The van der Waals surface area contributed by atoms with Gasteiger partial charge in [0.05, 0.1) is 6.20 Å². The van der Waals surface area contributed by atoms with Crippen molar-refractivity contribution in [2.75, 3.05) is 5.73 Å². The van der Waals surface area contributed by atoms with Crippen LogP contribution in [0.25, 0.3) is 16.3 Å². The van der Waals surface area contributed by atoms with Gasteiger partial charge in [0.25, 0.3) is 0 Å². The van der Waals surface area contributed by atoms with Crippen molar-refractivity contribution in [3.8, 4) is 10.7 Å². The molecule has 0 saturated heterocycles. The van der Waals surface area contributed by atoms with E-state index >= 15 is 0 Å². The molecule has 0 unspecified atom stereocenters. The predicted molar refractivity (Wildman–Crippen MR) is 65.2 cm³/mol. The Bertz CT molecular complexity index is 748. The quantitative estimate of drug-likeness (QED) is 0.551. The molecule has 0 fully saturated rings. The third-order valence-electron chi connectivity index (χ3n) is 2.32. The first kappa shape index (κ1) is 10.6. The molecule has 0 spiro atoms. The summed E-state index contributed by atoms with van der Waals surface area (Å²) in [6.07, 6.45) is 1.58. The Morgan fingerprint density at radius 3 is 2.89 bits per heavy atom. The first-order chi connectivity index (χ1) is 8.66. The Kier molecular flexibility index (Phi) is 2.20. The van der Waals surface area contributed by atoms with Gasteiger partial charge < -0.3 is 15.8 Å². The molecular weight excluding hydrogens is 256 g/mol. The molecule has 3 aromatic heterocycles. The van der Waals surface area contributed by atoms with Gasteiger partial charge in [0.1, 0.15) is 0 Å². The summed E-state index contributed by atoms with van der Waals surface area (Å²) in [4.78, 5) is 14.8. The van der Waals surface area contributed by atoms with Crippen LogP contribution in [0.4, 0.5) is 10.9 Å². The van der Waals surface area contributed by atoms with E-state index in [1.807, 2.05) is 0 Å². The number of aromatic nitrogens is 4. The molecule has 0 amide bonds. The van der Waals surface area contributed by atoms with Crippen LogP contribution in [0.2, 0.25) is 0 Å². The summed E-state index contributed by atoms with van der Waals surface area (Å²) in [5.41, 5.74) is 6.14. The fraction of sp³-hybridized carbons (Fsp3) is 0. The number of nitrogens with two attached hydrogens (primary N) is 1. The molecule has 0 aliphatic heterocycles. The van der Waals surface area contributed by atoms with Gasteiger partial charge in [-0.05, 0) is 11.0 Å². The molecule has 0 aliphatic rings. The maximum Gasteiger partial charge on any atom is 0.358 e. The Morgan fingerprint density at radius 2 is 2.22 bits per heavy atom. The van der Waals surface area contributed by atoms with Gasteiger partial charge in [-0.1, -0.05) is 17.4 Å². The summed E-state index contributed by atoms with van der Waals surface area (Å²) in [5, 5.41) is 19.2. The van der Waals surface area contributed by atoms with Crippen molar-refractivity contribution in [1.82, 2.24) is 19.6 Å². The highest BCUT2D eigenvalue weighted by Crippen LogP contribution is 2.32. The van der Waals surface area contributed by atoms with Gasteiger partial charge in [-0.2, -0.15) is 9.38 Å². The highest BCUT2D eigenvalue weighted by Gasteiger charge is 2.25. The summed E-state index contributed by atoms with van der Waals surface area (Å²) >= 11 is 1.06. The van der Waals surface area contributed by atoms with Crippen molar-refractivity contribution in [1.29, 1.82) is 0 Å². The Morgan fingerprint density at radius 1 is 1.39 bits per heavy atom. The molecule has 90 valence electrons. The first-order valence-corrected chi connectivity index (χ1v) is 5.69. The number of pyridine rings is 1. The number of nitrogens with zero attached hydrogens (tertiary/aromatic N) is 5. The molecule has 3 aromatic rings. The summed E-state index contributed by atoms with van der Waals surface area (Å²) in [6.45, 7) is 0. The van der Waals surface area contributed by atoms with Crippen LogP contribution in [-0.2, 0) is 0 Å². The predicted octanol–water partition coefficient (Wildman–Crippen LogP) is 1.34. The number of imidazole rings is 1. The van der Waals surface area contributed by atoms with Crippen LogP contribution < -0.4 is 5.73 Å². The second kappa shape index (κ2) is 3.74. The van der Waals surface area contributed by atoms with Gasteiger partial charge in [0.2, 0.25) is 10.8 Å². The molecule has 8 nitrogen and oxygen atoms in total. The van der Waals surface area contributed by atoms with Crippen molar-refractivity contribution in [2.45, 2.75) is 0 Å². The number of hydrogen-bond donors (Lipinski definition) is 1. The van der Waals surface area contributed by atoms with Crippen LogP contribution in [0.3, 0.4) is 0 Å². The maximum atomic E-state index is 11.1. The lowest BCUT2D eigenvalue weighted by atomic mass is 10.4. The van der Waals surface area contributed by atoms with Crippen LogP contribution >= 0.6 is 11.3 Å². The van der Waals surface area contributed by atoms with Gasteiger partial charge in [-0.25, -0.2) is 0 Å².